The third-order valence-electron chi connectivity index (χ3n) is 3.77. The van der Waals surface area contributed by atoms with Gasteiger partial charge in [0, 0.05) is 12.5 Å². The van der Waals surface area contributed by atoms with Crippen molar-refractivity contribution >= 4 is 11.6 Å². The van der Waals surface area contributed by atoms with Gasteiger partial charge in [-0.15, -0.1) is 0 Å². The standard InChI is InChI=1S/C13H24ClN5O/c1-9-6-10(8-20-9)12(17-15)13-11(14)7-16-19(13)5-4-18(2)3/h7,9-10,12,17H,4-6,8,15H2,1-3H3. The van der Waals surface area contributed by atoms with Crippen LogP contribution in [0.15, 0.2) is 6.20 Å². The van der Waals surface area contributed by atoms with Crippen molar-refractivity contribution in [2.75, 3.05) is 27.2 Å². The van der Waals surface area contributed by atoms with Crippen molar-refractivity contribution in [2.24, 2.45) is 11.8 Å². The first-order valence-electron chi connectivity index (χ1n) is 6.96. The molecular weight excluding hydrogens is 278 g/mol. The van der Waals surface area contributed by atoms with Crippen molar-refractivity contribution in [3.8, 4) is 0 Å². The van der Waals surface area contributed by atoms with Gasteiger partial charge in [0.15, 0.2) is 0 Å². The van der Waals surface area contributed by atoms with Crippen molar-refractivity contribution in [1.29, 1.82) is 0 Å². The number of likely N-dealkylation sites (N-methyl/N-ethyl adjacent to an activating group) is 1. The van der Waals surface area contributed by atoms with Gasteiger partial charge in [0.1, 0.15) is 0 Å². The van der Waals surface area contributed by atoms with Crippen LogP contribution < -0.4 is 11.3 Å². The summed E-state index contributed by atoms with van der Waals surface area (Å²) in [6, 6.07) is -0.0305. The summed E-state index contributed by atoms with van der Waals surface area (Å²) in [6.45, 7) is 4.47. The summed E-state index contributed by atoms with van der Waals surface area (Å²) < 4.78 is 7.59. The Labute approximate surface area is 125 Å². The molecule has 0 bridgehead atoms. The predicted molar refractivity (Wildman–Crippen MR) is 79.4 cm³/mol. The maximum Gasteiger partial charge on any atom is 0.0834 e. The molecule has 0 aromatic carbocycles. The molecule has 1 aliphatic rings. The zero-order valence-electron chi connectivity index (χ0n) is 12.3. The van der Waals surface area contributed by atoms with Gasteiger partial charge in [-0.1, -0.05) is 11.6 Å². The van der Waals surface area contributed by atoms with Crippen molar-refractivity contribution in [3.63, 3.8) is 0 Å². The third kappa shape index (κ3) is 3.51. The number of rotatable bonds is 6. The topological polar surface area (TPSA) is 68.3 Å². The average Bonchev–Trinajstić information content (AvgIpc) is 2.97. The maximum atomic E-state index is 6.32. The van der Waals surface area contributed by atoms with E-state index in [1.54, 1.807) is 6.20 Å². The molecule has 1 aromatic heterocycles. The second-order valence-corrected chi connectivity index (χ2v) is 6.10. The van der Waals surface area contributed by atoms with Crippen LogP contribution in [0.25, 0.3) is 0 Å². The van der Waals surface area contributed by atoms with Crippen LogP contribution in [-0.4, -0.2) is 48.0 Å². The molecule has 0 radical (unpaired) electrons. The molecule has 0 aliphatic carbocycles. The normalized spacial score (nSPS) is 24.5. The molecule has 7 heteroatoms. The fraction of sp³-hybridized carbons (Fsp3) is 0.769. The van der Waals surface area contributed by atoms with Gasteiger partial charge in [-0.25, -0.2) is 0 Å². The number of nitrogens with two attached hydrogens (primary N) is 1. The van der Waals surface area contributed by atoms with Gasteiger partial charge in [0.05, 0.1) is 42.2 Å². The SMILES string of the molecule is CC1CC(C(NN)c2c(Cl)cnn2CCN(C)C)CO1. The molecule has 1 fully saturated rings. The molecule has 1 aliphatic heterocycles. The van der Waals surface area contributed by atoms with E-state index in [1.165, 1.54) is 0 Å². The Balaban J connectivity index is 2.18. The van der Waals surface area contributed by atoms with E-state index in [0.29, 0.717) is 17.5 Å². The Kier molecular flexibility index (Phi) is 5.40. The van der Waals surface area contributed by atoms with Gasteiger partial charge in [0.2, 0.25) is 0 Å². The number of halogens is 1. The molecule has 1 saturated heterocycles. The van der Waals surface area contributed by atoms with Crippen molar-refractivity contribution in [1.82, 2.24) is 20.1 Å². The van der Waals surface area contributed by atoms with E-state index < -0.39 is 0 Å². The highest BCUT2D eigenvalue weighted by molar-refractivity contribution is 6.31. The Bertz CT molecular complexity index is 436. The molecule has 3 unspecified atom stereocenters. The second kappa shape index (κ2) is 6.87. The van der Waals surface area contributed by atoms with Gasteiger partial charge in [-0.2, -0.15) is 5.10 Å². The molecule has 3 atom stereocenters. The molecular formula is C13H24ClN5O. The largest absolute Gasteiger partial charge is 0.378 e. The molecule has 114 valence electrons. The fourth-order valence-corrected chi connectivity index (χ4v) is 2.93. The first-order valence-corrected chi connectivity index (χ1v) is 7.34. The summed E-state index contributed by atoms with van der Waals surface area (Å²) in [5, 5.41) is 5.03. The lowest BCUT2D eigenvalue weighted by Crippen LogP contribution is -2.36. The van der Waals surface area contributed by atoms with Crippen molar-refractivity contribution in [3.05, 3.63) is 16.9 Å². The van der Waals surface area contributed by atoms with Gasteiger partial charge in [0.25, 0.3) is 0 Å². The summed E-state index contributed by atoms with van der Waals surface area (Å²) in [4.78, 5) is 2.12. The summed E-state index contributed by atoms with van der Waals surface area (Å²) in [5.41, 5.74) is 3.85. The van der Waals surface area contributed by atoms with E-state index in [0.717, 1.165) is 25.2 Å². The molecule has 0 saturated carbocycles. The number of ether oxygens (including phenoxy) is 1. The Morgan fingerprint density at radius 3 is 2.95 bits per heavy atom. The first kappa shape index (κ1) is 15.7. The van der Waals surface area contributed by atoms with Crippen molar-refractivity contribution in [2.45, 2.75) is 32.0 Å². The van der Waals surface area contributed by atoms with Crippen LogP contribution in [0, 0.1) is 5.92 Å². The van der Waals surface area contributed by atoms with E-state index in [1.807, 2.05) is 18.8 Å². The lowest BCUT2D eigenvalue weighted by molar-refractivity contribution is 0.116. The molecule has 2 rings (SSSR count). The summed E-state index contributed by atoms with van der Waals surface area (Å²) in [7, 11) is 4.08. The van der Waals surface area contributed by atoms with Crippen LogP contribution >= 0.6 is 11.6 Å². The van der Waals surface area contributed by atoms with Crippen LogP contribution in [0.3, 0.4) is 0 Å². The van der Waals surface area contributed by atoms with Gasteiger partial charge < -0.3 is 9.64 Å². The van der Waals surface area contributed by atoms with Crippen molar-refractivity contribution < 1.29 is 4.74 Å². The number of aromatic nitrogens is 2. The van der Waals surface area contributed by atoms with Gasteiger partial charge >= 0.3 is 0 Å². The highest BCUT2D eigenvalue weighted by Crippen LogP contribution is 2.34. The minimum atomic E-state index is -0.0305. The van der Waals surface area contributed by atoms with Gasteiger partial charge in [-0.05, 0) is 27.4 Å². The summed E-state index contributed by atoms with van der Waals surface area (Å²) in [6.07, 6.45) is 2.94. The number of hydrazine groups is 1. The van der Waals surface area contributed by atoms with Gasteiger partial charge in [-0.3, -0.25) is 16.0 Å². The quantitative estimate of drug-likeness (QED) is 0.607. The lowest BCUT2D eigenvalue weighted by Gasteiger charge is -2.23. The molecule has 2 heterocycles. The Morgan fingerprint density at radius 1 is 1.65 bits per heavy atom. The maximum absolute atomic E-state index is 6.32. The third-order valence-corrected chi connectivity index (χ3v) is 4.06. The van der Waals surface area contributed by atoms with Crippen LogP contribution in [0.5, 0.6) is 0 Å². The highest BCUT2D eigenvalue weighted by Gasteiger charge is 2.33. The zero-order valence-corrected chi connectivity index (χ0v) is 13.1. The molecule has 0 spiro atoms. The number of nitrogens with zero attached hydrogens (tertiary/aromatic N) is 3. The number of hydrogen-bond donors (Lipinski definition) is 2. The number of nitrogens with one attached hydrogen (secondary N) is 1. The zero-order chi connectivity index (χ0) is 14.7. The summed E-state index contributed by atoms with van der Waals surface area (Å²) in [5.74, 6) is 6.09. The lowest BCUT2D eigenvalue weighted by atomic mass is 9.95. The Hall–Kier alpha value is -0.660. The van der Waals surface area contributed by atoms with Crippen LogP contribution in [-0.2, 0) is 11.3 Å². The minimum absolute atomic E-state index is 0.0305. The molecule has 3 N–H and O–H groups in total. The van der Waals surface area contributed by atoms with E-state index in [2.05, 4.69) is 22.3 Å². The minimum Gasteiger partial charge on any atom is -0.378 e. The highest BCUT2D eigenvalue weighted by atomic mass is 35.5. The summed E-state index contributed by atoms with van der Waals surface area (Å²) >= 11 is 6.32. The Morgan fingerprint density at radius 2 is 2.40 bits per heavy atom. The predicted octanol–water partition coefficient (Wildman–Crippen LogP) is 1.03. The fourth-order valence-electron chi connectivity index (χ4n) is 2.67. The van der Waals surface area contributed by atoms with E-state index in [9.17, 15) is 0 Å². The molecule has 6 nitrogen and oxygen atoms in total. The van der Waals surface area contributed by atoms with Crippen LogP contribution in [0.4, 0.5) is 0 Å². The second-order valence-electron chi connectivity index (χ2n) is 5.69. The molecule has 1 aromatic rings. The molecule has 20 heavy (non-hydrogen) atoms. The van der Waals surface area contributed by atoms with E-state index in [4.69, 9.17) is 22.2 Å². The van der Waals surface area contributed by atoms with Crippen LogP contribution in [0.2, 0.25) is 5.02 Å². The number of hydrogen-bond acceptors (Lipinski definition) is 5. The van der Waals surface area contributed by atoms with E-state index in [-0.39, 0.29) is 12.1 Å². The monoisotopic (exact) mass is 301 g/mol. The molecule has 0 amide bonds. The van der Waals surface area contributed by atoms with E-state index >= 15 is 0 Å². The average molecular weight is 302 g/mol. The van der Waals surface area contributed by atoms with Crippen LogP contribution in [0.1, 0.15) is 25.1 Å². The smallest absolute Gasteiger partial charge is 0.0834 e. The first-order chi connectivity index (χ1) is 9.52.